The molecule has 22 heavy (non-hydrogen) atoms. The van der Waals surface area contributed by atoms with Gasteiger partial charge in [-0.3, -0.25) is 4.79 Å². The van der Waals surface area contributed by atoms with Gasteiger partial charge >= 0.3 is 5.97 Å². The molecule has 0 unspecified atom stereocenters. The first-order valence-corrected chi connectivity index (χ1v) is 7.82. The molecular weight excluding hydrogens is 300 g/mol. The Morgan fingerprint density at radius 1 is 1.36 bits per heavy atom. The second-order valence-corrected chi connectivity index (χ2v) is 6.19. The molecule has 1 N–H and O–H groups in total. The third-order valence-corrected chi connectivity index (χ3v) is 3.57. The van der Waals surface area contributed by atoms with Gasteiger partial charge in [-0.2, -0.15) is 0 Å². The van der Waals surface area contributed by atoms with Crippen molar-refractivity contribution >= 4 is 23.2 Å². The third kappa shape index (κ3) is 4.39. The zero-order chi connectivity index (χ0) is 16.1. The summed E-state index contributed by atoms with van der Waals surface area (Å²) in [5, 5.41) is 5.57. The van der Waals surface area contributed by atoms with Gasteiger partial charge in [-0.05, 0) is 32.9 Å². The molecule has 2 aromatic rings. The summed E-state index contributed by atoms with van der Waals surface area (Å²) < 4.78 is 5.02. The fourth-order valence-electron chi connectivity index (χ4n) is 1.88. The number of hydrogen-bond acceptors (Lipinski definition) is 5. The van der Waals surface area contributed by atoms with E-state index in [1.807, 2.05) is 32.2 Å². The number of carbonyl (C=O) groups is 2. The molecule has 1 aromatic carbocycles. The molecule has 0 aliphatic carbocycles. The number of aryl methyl sites for hydroxylation is 1. The Morgan fingerprint density at radius 3 is 2.77 bits per heavy atom. The van der Waals surface area contributed by atoms with Gasteiger partial charge in [-0.25, -0.2) is 9.78 Å². The summed E-state index contributed by atoms with van der Waals surface area (Å²) >= 11 is 1.55. The molecule has 6 heteroatoms. The quantitative estimate of drug-likeness (QED) is 0.861. The van der Waals surface area contributed by atoms with E-state index >= 15 is 0 Å². The van der Waals surface area contributed by atoms with Gasteiger partial charge in [-0.15, -0.1) is 11.3 Å². The first-order valence-electron chi connectivity index (χ1n) is 6.95. The highest BCUT2D eigenvalue weighted by molar-refractivity contribution is 7.09. The SMILES string of the molecule is Cc1nc(-c2cccc(C(=O)OCC(=O)NC(C)C)c2)cs1. The van der Waals surface area contributed by atoms with Gasteiger partial charge < -0.3 is 10.1 Å². The zero-order valence-corrected chi connectivity index (χ0v) is 13.6. The van der Waals surface area contributed by atoms with Gasteiger partial charge in [0.15, 0.2) is 6.61 Å². The summed E-state index contributed by atoms with van der Waals surface area (Å²) in [6.45, 7) is 5.34. The van der Waals surface area contributed by atoms with Crippen molar-refractivity contribution in [1.29, 1.82) is 0 Å². The third-order valence-electron chi connectivity index (χ3n) is 2.80. The lowest BCUT2D eigenvalue weighted by Gasteiger charge is -2.09. The van der Waals surface area contributed by atoms with E-state index in [0.29, 0.717) is 5.56 Å². The largest absolute Gasteiger partial charge is 0.452 e. The van der Waals surface area contributed by atoms with Crippen LogP contribution in [0.4, 0.5) is 0 Å². The zero-order valence-electron chi connectivity index (χ0n) is 12.8. The van der Waals surface area contributed by atoms with E-state index in [2.05, 4.69) is 10.3 Å². The highest BCUT2D eigenvalue weighted by atomic mass is 32.1. The summed E-state index contributed by atoms with van der Waals surface area (Å²) in [5.74, 6) is -0.831. The Labute approximate surface area is 133 Å². The maximum atomic E-state index is 12.0. The first kappa shape index (κ1) is 16.2. The molecule has 0 aliphatic heterocycles. The Morgan fingerprint density at radius 2 is 2.14 bits per heavy atom. The molecule has 0 radical (unpaired) electrons. The second-order valence-electron chi connectivity index (χ2n) is 5.13. The summed E-state index contributed by atoms with van der Waals surface area (Å²) in [5.41, 5.74) is 2.08. The van der Waals surface area contributed by atoms with Crippen LogP contribution in [0.2, 0.25) is 0 Å². The average Bonchev–Trinajstić information content (AvgIpc) is 2.91. The van der Waals surface area contributed by atoms with Gasteiger partial charge in [0, 0.05) is 17.0 Å². The maximum absolute atomic E-state index is 12.0. The number of esters is 1. The Bertz CT molecular complexity index is 680. The number of thiazole rings is 1. The number of nitrogens with one attached hydrogen (secondary N) is 1. The molecule has 1 aromatic heterocycles. The van der Waals surface area contributed by atoms with Gasteiger partial charge in [0.2, 0.25) is 0 Å². The van der Waals surface area contributed by atoms with Crippen LogP contribution < -0.4 is 5.32 Å². The monoisotopic (exact) mass is 318 g/mol. The van der Waals surface area contributed by atoms with Crippen LogP contribution in [0.3, 0.4) is 0 Å². The molecule has 1 heterocycles. The molecular formula is C16H18N2O3S. The Hall–Kier alpha value is -2.21. The highest BCUT2D eigenvalue weighted by Crippen LogP contribution is 2.22. The van der Waals surface area contributed by atoms with E-state index in [1.165, 1.54) is 0 Å². The molecule has 1 amide bonds. The van der Waals surface area contributed by atoms with Gasteiger partial charge in [0.1, 0.15) is 0 Å². The number of nitrogens with zero attached hydrogens (tertiary/aromatic N) is 1. The predicted octanol–water partition coefficient (Wildman–Crippen LogP) is 2.80. The van der Waals surface area contributed by atoms with Gasteiger partial charge in [0.05, 0.1) is 16.3 Å². The number of rotatable bonds is 5. The summed E-state index contributed by atoms with van der Waals surface area (Å²) in [6, 6.07) is 7.05. The Kier molecular flexibility index (Phi) is 5.27. The van der Waals surface area contributed by atoms with Crippen LogP contribution in [0.5, 0.6) is 0 Å². The first-order chi connectivity index (χ1) is 10.5. The topological polar surface area (TPSA) is 68.3 Å². The number of benzene rings is 1. The van der Waals surface area contributed by atoms with Crippen LogP contribution in [0.25, 0.3) is 11.3 Å². The lowest BCUT2D eigenvalue weighted by molar-refractivity contribution is -0.124. The highest BCUT2D eigenvalue weighted by Gasteiger charge is 2.12. The molecule has 2 rings (SSSR count). The van der Waals surface area contributed by atoms with E-state index in [0.717, 1.165) is 16.3 Å². The van der Waals surface area contributed by atoms with Crippen LogP contribution in [-0.4, -0.2) is 29.5 Å². The smallest absolute Gasteiger partial charge is 0.338 e. The molecule has 0 saturated carbocycles. The maximum Gasteiger partial charge on any atom is 0.338 e. The molecule has 0 fully saturated rings. The minimum absolute atomic E-state index is 0.0161. The van der Waals surface area contributed by atoms with E-state index in [1.54, 1.807) is 29.5 Å². The van der Waals surface area contributed by atoms with E-state index < -0.39 is 5.97 Å². The standard InChI is InChI=1S/C16H18N2O3S/c1-10(2)17-15(19)8-21-16(20)13-6-4-5-12(7-13)14-9-22-11(3)18-14/h4-7,9-10H,8H2,1-3H3,(H,17,19). The second kappa shape index (κ2) is 7.17. The van der Waals surface area contributed by atoms with Gasteiger partial charge in [-0.1, -0.05) is 12.1 Å². The molecule has 0 atom stereocenters. The van der Waals surface area contributed by atoms with Crippen LogP contribution in [-0.2, 0) is 9.53 Å². The number of aromatic nitrogens is 1. The van der Waals surface area contributed by atoms with E-state index in [-0.39, 0.29) is 18.6 Å². The van der Waals surface area contributed by atoms with Crippen molar-refractivity contribution in [2.45, 2.75) is 26.8 Å². The molecule has 5 nitrogen and oxygen atoms in total. The van der Waals surface area contributed by atoms with Crippen molar-refractivity contribution in [1.82, 2.24) is 10.3 Å². The average molecular weight is 318 g/mol. The van der Waals surface area contributed by atoms with E-state index in [9.17, 15) is 9.59 Å². The van der Waals surface area contributed by atoms with Crippen molar-refractivity contribution < 1.29 is 14.3 Å². The van der Waals surface area contributed by atoms with Crippen LogP contribution in [0.1, 0.15) is 29.2 Å². The van der Waals surface area contributed by atoms with Gasteiger partial charge in [0.25, 0.3) is 5.91 Å². The number of hydrogen-bond donors (Lipinski definition) is 1. The number of ether oxygens (including phenoxy) is 1. The van der Waals surface area contributed by atoms with Crippen LogP contribution >= 0.6 is 11.3 Å². The number of carbonyl (C=O) groups excluding carboxylic acids is 2. The predicted molar refractivity (Wildman–Crippen MR) is 85.8 cm³/mol. The lowest BCUT2D eigenvalue weighted by Crippen LogP contribution is -2.33. The van der Waals surface area contributed by atoms with Crippen molar-refractivity contribution in [3.63, 3.8) is 0 Å². The summed E-state index contributed by atoms with van der Waals surface area (Å²) in [6.07, 6.45) is 0. The van der Waals surface area contributed by atoms with Crippen molar-refractivity contribution in [3.05, 3.63) is 40.2 Å². The fourth-order valence-corrected chi connectivity index (χ4v) is 2.50. The van der Waals surface area contributed by atoms with Crippen LogP contribution in [0.15, 0.2) is 29.6 Å². The summed E-state index contributed by atoms with van der Waals surface area (Å²) in [4.78, 5) is 27.9. The van der Waals surface area contributed by atoms with Crippen molar-refractivity contribution in [2.24, 2.45) is 0 Å². The molecule has 116 valence electrons. The molecule has 0 aliphatic rings. The lowest BCUT2D eigenvalue weighted by atomic mass is 10.1. The molecule has 0 bridgehead atoms. The minimum Gasteiger partial charge on any atom is -0.452 e. The summed E-state index contributed by atoms with van der Waals surface area (Å²) in [7, 11) is 0. The fraction of sp³-hybridized carbons (Fsp3) is 0.312. The molecule has 0 saturated heterocycles. The minimum atomic E-state index is -0.521. The normalized spacial score (nSPS) is 10.5. The number of amides is 1. The molecule has 0 spiro atoms. The van der Waals surface area contributed by atoms with Crippen molar-refractivity contribution in [2.75, 3.05) is 6.61 Å². The van der Waals surface area contributed by atoms with Crippen molar-refractivity contribution in [3.8, 4) is 11.3 Å². The van der Waals surface area contributed by atoms with Crippen LogP contribution in [0, 0.1) is 6.92 Å². The van der Waals surface area contributed by atoms with E-state index in [4.69, 9.17) is 4.74 Å². The Balaban J connectivity index is 2.03.